The van der Waals surface area contributed by atoms with E-state index in [-0.39, 0.29) is 18.6 Å². The monoisotopic (exact) mass is 329 g/mol. The summed E-state index contributed by atoms with van der Waals surface area (Å²) in [5.74, 6) is 1.46. The Morgan fingerprint density at radius 1 is 1.33 bits per heavy atom. The van der Waals surface area contributed by atoms with Crippen LogP contribution in [0.4, 0.5) is 0 Å². The van der Waals surface area contributed by atoms with E-state index >= 15 is 0 Å². The van der Waals surface area contributed by atoms with E-state index in [0.717, 1.165) is 12.8 Å². The number of benzene rings is 1. The van der Waals surface area contributed by atoms with Crippen molar-refractivity contribution in [3.63, 3.8) is 0 Å². The van der Waals surface area contributed by atoms with Crippen molar-refractivity contribution in [2.24, 2.45) is 11.8 Å². The Morgan fingerprint density at radius 2 is 2.10 bits per heavy atom. The van der Waals surface area contributed by atoms with Crippen LogP contribution in [-0.2, 0) is 4.79 Å². The average Bonchev–Trinajstić information content (AvgIpc) is 2.45. The van der Waals surface area contributed by atoms with Gasteiger partial charge in [-0.2, -0.15) is 0 Å². The van der Waals surface area contributed by atoms with E-state index in [4.69, 9.17) is 27.9 Å². The number of halogens is 2. The topological polar surface area (TPSA) is 38.3 Å². The van der Waals surface area contributed by atoms with Crippen molar-refractivity contribution in [3.05, 3.63) is 28.2 Å². The predicted octanol–water partition coefficient (Wildman–Crippen LogP) is 4.31. The maximum absolute atomic E-state index is 12.0. The minimum Gasteiger partial charge on any atom is -0.482 e. The lowest BCUT2D eigenvalue weighted by atomic mass is 9.78. The molecule has 2 rings (SSSR count). The van der Waals surface area contributed by atoms with Crippen molar-refractivity contribution in [3.8, 4) is 5.75 Å². The summed E-state index contributed by atoms with van der Waals surface area (Å²) in [7, 11) is 0. The first-order chi connectivity index (χ1) is 9.99. The van der Waals surface area contributed by atoms with Crippen molar-refractivity contribution in [2.75, 3.05) is 6.61 Å². The molecule has 0 aliphatic heterocycles. The minimum atomic E-state index is -0.114. The highest BCUT2D eigenvalue weighted by molar-refractivity contribution is 6.42. The second-order valence-corrected chi connectivity index (χ2v) is 6.57. The quantitative estimate of drug-likeness (QED) is 0.893. The summed E-state index contributed by atoms with van der Waals surface area (Å²) < 4.78 is 5.45. The fourth-order valence-electron chi connectivity index (χ4n) is 2.77. The first kappa shape index (κ1) is 16.4. The number of carbonyl (C=O) groups is 1. The van der Waals surface area contributed by atoms with Crippen LogP contribution in [0.3, 0.4) is 0 Å². The summed E-state index contributed by atoms with van der Waals surface area (Å²) in [4.78, 5) is 12.0. The molecule has 1 fully saturated rings. The zero-order valence-electron chi connectivity index (χ0n) is 12.4. The summed E-state index contributed by atoms with van der Waals surface area (Å²) in [5.41, 5.74) is 0. The second kappa shape index (κ2) is 7.37. The van der Waals surface area contributed by atoms with Crippen LogP contribution in [0.25, 0.3) is 0 Å². The largest absolute Gasteiger partial charge is 0.482 e. The normalized spacial score (nSPS) is 25.4. The summed E-state index contributed by atoms with van der Waals surface area (Å²) >= 11 is 11.9. The van der Waals surface area contributed by atoms with Gasteiger partial charge >= 0.3 is 0 Å². The first-order valence-electron chi connectivity index (χ1n) is 7.35. The Labute approximate surface area is 136 Å². The highest BCUT2D eigenvalue weighted by Crippen LogP contribution is 2.31. The third-order valence-corrected chi connectivity index (χ3v) is 5.13. The van der Waals surface area contributed by atoms with Crippen LogP contribution in [0, 0.1) is 11.8 Å². The molecule has 0 heterocycles. The highest BCUT2D eigenvalue weighted by atomic mass is 35.5. The SMILES string of the molecule is C[C@@H]1[C@H](C)CCC[C@H]1NC(=O)COc1cccc(Cl)c1Cl. The molecular weight excluding hydrogens is 309 g/mol. The van der Waals surface area contributed by atoms with Crippen LogP contribution in [-0.4, -0.2) is 18.6 Å². The van der Waals surface area contributed by atoms with Gasteiger partial charge in [-0.15, -0.1) is 0 Å². The van der Waals surface area contributed by atoms with Crippen LogP contribution >= 0.6 is 23.2 Å². The molecule has 1 aromatic rings. The molecule has 21 heavy (non-hydrogen) atoms. The Bertz CT molecular complexity index is 507. The molecule has 0 saturated heterocycles. The van der Waals surface area contributed by atoms with Gasteiger partial charge in [0.05, 0.1) is 5.02 Å². The molecule has 1 aliphatic rings. The Kier molecular flexibility index (Phi) is 5.77. The van der Waals surface area contributed by atoms with Crippen molar-refractivity contribution < 1.29 is 9.53 Å². The molecule has 0 unspecified atom stereocenters. The average molecular weight is 330 g/mol. The van der Waals surface area contributed by atoms with Crippen LogP contribution in [0.15, 0.2) is 18.2 Å². The number of rotatable bonds is 4. The molecule has 1 amide bonds. The molecular formula is C16H21Cl2NO2. The fraction of sp³-hybridized carbons (Fsp3) is 0.562. The smallest absolute Gasteiger partial charge is 0.258 e. The van der Waals surface area contributed by atoms with Crippen molar-refractivity contribution in [1.29, 1.82) is 0 Å². The zero-order chi connectivity index (χ0) is 15.4. The van der Waals surface area contributed by atoms with E-state index in [1.165, 1.54) is 6.42 Å². The summed E-state index contributed by atoms with van der Waals surface area (Å²) in [6, 6.07) is 5.36. The molecule has 3 nitrogen and oxygen atoms in total. The lowest BCUT2D eigenvalue weighted by Gasteiger charge is -2.34. The van der Waals surface area contributed by atoms with Gasteiger partial charge in [-0.3, -0.25) is 4.79 Å². The maximum atomic E-state index is 12.0. The van der Waals surface area contributed by atoms with Crippen molar-refractivity contribution >= 4 is 29.1 Å². The van der Waals surface area contributed by atoms with Crippen LogP contribution in [0.2, 0.25) is 10.0 Å². The fourth-order valence-corrected chi connectivity index (χ4v) is 3.12. The van der Waals surface area contributed by atoms with E-state index in [9.17, 15) is 4.79 Å². The molecule has 0 bridgehead atoms. The molecule has 0 spiro atoms. The number of ether oxygens (including phenoxy) is 1. The molecule has 0 aromatic heterocycles. The Balaban J connectivity index is 1.86. The third kappa shape index (κ3) is 4.27. The Morgan fingerprint density at radius 3 is 2.86 bits per heavy atom. The molecule has 1 N–H and O–H groups in total. The standard InChI is InChI=1S/C16H21Cl2NO2/c1-10-5-3-7-13(11(10)2)19-15(20)9-21-14-8-4-6-12(17)16(14)18/h4,6,8,10-11,13H,3,5,7,9H2,1-2H3,(H,19,20)/t10-,11-,13-/m1/s1. The maximum Gasteiger partial charge on any atom is 0.258 e. The van der Waals surface area contributed by atoms with Gasteiger partial charge in [-0.1, -0.05) is 56.0 Å². The van der Waals surface area contributed by atoms with Crippen LogP contribution in [0.1, 0.15) is 33.1 Å². The number of hydrogen-bond donors (Lipinski definition) is 1. The summed E-state index contributed by atoms with van der Waals surface area (Å²) in [5, 5.41) is 3.82. The Hall–Kier alpha value is -0.930. The van der Waals surface area contributed by atoms with E-state index in [1.54, 1.807) is 18.2 Å². The van der Waals surface area contributed by atoms with Gasteiger partial charge in [0.15, 0.2) is 6.61 Å². The summed E-state index contributed by atoms with van der Waals surface area (Å²) in [6.45, 7) is 4.40. The number of amides is 1. The van der Waals surface area contributed by atoms with E-state index < -0.39 is 0 Å². The van der Waals surface area contributed by atoms with Crippen LogP contribution < -0.4 is 10.1 Å². The van der Waals surface area contributed by atoms with Gasteiger partial charge in [0, 0.05) is 6.04 Å². The van der Waals surface area contributed by atoms with E-state index in [0.29, 0.717) is 27.6 Å². The van der Waals surface area contributed by atoms with Gasteiger partial charge in [0.1, 0.15) is 10.8 Å². The molecule has 1 aliphatic carbocycles. The molecule has 5 heteroatoms. The van der Waals surface area contributed by atoms with Gasteiger partial charge in [-0.05, 0) is 30.4 Å². The second-order valence-electron chi connectivity index (χ2n) is 5.78. The number of carbonyl (C=O) groups excluding carboxylic acids is 1. The van der Waals surface area contributed by atoms with Crippen molar-refractivity contribution in [2.45, 2.75) is 39.2 Å². The number of nitrogens with one attached hydrogen (secondary N) is 1. The van der Waals surface area contributed by atoms with Crippen LogP contribution in [0.5, 0.6) is 5.75 Å². The molecule has 3 atom stereocenters. The lowest BCUT2D eigenvalue weighted by molar-refractivity contribution is -0.124. The van der Waals surface area contributed by atoms with Gasteiger partial charge in [0.2, 0.25) is 0 Å². The third-order valence-electron chi connectivity index (χ3n) is 4.33. The highest BCUT2D eigenvalue weighted by Gasteiger charge is 2.28. The van der Waals surface area contributed by atoms with Crippen molar-refractivity contribution in [1.82, 2.24) is 5.32 Å². The van der Waals surface area contributed by atoms with Gasteiger partial charge < -0.3 is 10.1 Å². The first-order valence-corrected chi connectivity index (χ1v) is 8.10. The van der Waals surface area contributed by atoms with E-state index in [2.05, 4.69) is 19.2 Å². The minimum absolute atomic E-state index is 0.0440. The van der Waals surface area contributed by atoms with E-state index in [1.807, 2.05) is 0 Å². The van der Waals surface area contributed by atoms with Gasteiger partial charge in [0.25, 0.3) is 5.91 Å². The predicted molar refractivity (Wildman–Crippen MR) is 86.1 cm³/mol. The molecule has 1 aromatic carbocycles. The molecule has 1 saturated carbocycles. The molecule has 0 radical (unpaired) electrons. The molecule has 116 valence electrons. The zero-order valence-corrected chi connectivity index (χ0v) is 13.9. The lowest BCUT2D eigenvalue weighted by Crippen LogP contribution is -2.45. The summed E-state index contributed by atoms with van der Waals surface area (Å²) in [6.07, 6.45) is 3.44. The van der Waals surface area contributed by atoms with Gasteiger partial charge in [-0.25, -0.2) is 0 Å². The number of hydrogen-bond acceptors (Lipinski definition) is 2.